The van der Waals surface area contributed by atoms with Gasteiger partial charge in [0.2, 0.25) is 0 Å². The average molecular weight is 271 g/mol. The molecule has 2 amide bonds. The third-order valence-electron chi connectivity index (χ3n) is 3.58. The Labute approximate surface area is 116 Å². The molecule has 1 fully saturated rings. The summed E-state index contributed by atoms with van der Waals surface area (Å²) in [5.41, 5.74) is 0. The van der Waals surface area contributed by atoms with Gasteiger partial charge in [0.05, 0.1) is 6.10 Å². The zero-order valence-corrected chi connectivity index (χ0v) is 12.3. The lowest BCUT2D eigenvalue weighted by Crippen LogP contribution is -2.41. The first kappa shape index (κ1) is 16.2. The van der Waals surface area contributed by atoms with Crippen LogP contribution in [0.25, 0.3) is 0 Å². The molecule has 0 aromatic carbocycles. The molecular weight excluding hydrogens is 242 g/mol. The summed E-state index contributed by atoms with van der Waals surface area (Å²) in [6.07, 6.45) is 3.59. The van der Waals surface area contributed by atoms with Crippen LogP contribution in [0.5, 0.6) is 0 Å². The van der Waals surface area contributed by atoms with Crippen molar-refractivity contribution in [2.75, 3.05) is 32.7 Å². The molecule has 112 valence electrons. The number of aliphatic hydroxyl groups is 1. The maximum absolute atomic E-state index is 11.6. The number of likely N-dealkylation sites (tertiary alicyclic amines) is 1. The first-order chi connectivity index (χ1) is 9.15. The van der Waals surface area contributed by atoms with Crippen LogP contribution in [-0.2, 0) is 0 Å². The maximum Gasteiger partial charge on any atom is 0.314 e. The highest BCUT2D eigenvalue weighted by atomic mass is 16.3. The van der Waals surface area contributed by atoms with E-state index in [0.29, 0.717) is 12.5 Å². The van der Waals surface area contributed by atoms with E-state index in [-0.39, 0.29) is 6.03 Å². The van der Waals surface area contributed by atoms with Crippen LogP contribution in [0.15, 0.2) is 0 Å². The Morgan fingerprint density at radius 2 is 2.16 bits per heavy atom. The molecule has 1 rings (SSSR count). The molecule has 2 unspecified atom stereocenters. The van der Waals surface area contributed by atoms with Crippen molar-refractivity contribution in [3.05, 3.63) is 0 Å². The molecular formula is C14H29N3O2. The van der Waals surface area contributed by atoms with Gasteiger partial charge in [0, 0.05) is 19.6 Å². The van der Waals surface area contributed by atoms with Gasteiger partial charge in [-0.15, -0.1) is 0 Å². The fraction of sp³-hybridized carbons (Fsp3) is 0.929. The minimum atomic E-state index is -0.428. The number of nitrogens with zero attached hydrogens (tertiary/aromatic N) is 1. The van der Waals surface area contributed by atoms with Gasteiger partial charge in [-0.1, -0.05) is 20.3 Å². The Balaban J connectivity index is 2.07. The van der Waals surface area contributed by atoms with E-state index in [1.807, 2.05) is 6.92 Å². The normalized spacial score (nSPS) is 21.3. The molecule has 3 N–H and O–H groups in total. The summed E-state index contributed by atoms with van der Waals surface area (Å²) in [4.78, 5) is 14.0. The molecule has 1 aliphatic heterocycles. The van der Waals surface area contributed by atoms with Crippen molar-refractivity contribution >= 4 is 6.03 Å². The lowest BCUT2D eigenvalue weighted by atomic mass is 10.1. The minimum absolute atomic E-state index is 0.163. The van der Waals surface area contributed by atoms with E-state index in [1.54, 1.807) is 0 Å². The Morgan fingerprint density at radius 1 is 1.37 bits per heavy atom. The fourth-order valence-electron chi connectivity index (χ4n) is 2.54. The van der Waals surface area contributed by atoms with Gasteiger partial charge >= 0.3 is 6.03 Å². The van der Waals surface area contributed by atoms with Crippen LogP contribution in [-0.4, -0.2) is 54.9 Å². The third kappa shape index (κ3) is 6.78. The van der Waals surface area contributed by atoms with Crippen molar-refractivity contribution < 1.29 is 9.90 Å². The zero-order chi connectivity index (χ0) is 14.1. The molecule has 0 bridgehead atoms. The molecule has 1 saturated heterocycles. The van der Waals surface area contributed by atoms with Crippen molar-refractivity contribution in [3.63, 3.8) is 0 Å². The summed E-state index contributed by atoms with van der Waals surface area (Å²) in [6, 6.07) is -0.163. The topological polar surface area (TPSA) is 64.6 Å². The predicted molar refractivity (Wildman–Crippen MR) is 77.2 cm³/mol. The molecule has 0 aromatic rings. The molecule has 1 aliphatic rings. The van der Waals surface area contributed by atoms with Gasteiger partial charge in [-0.05, 0) is 38.3 Å². The predicted octanol–water partition coefficient (Wildman–Crippen LogP) is 1.18. The van der Waals surface area contributed by atoms with Crippen LogP contribution in [0.2, 0.25) is 0 Å². The standard InChI is InChI=1S/C14H29N3O2/c1-3-5-13(18)10-16-14(19)15-9-12-6-8-17(11-12)7-4-2/h12-13,18H,3-11H2,1-2H3,(H2,15,16,19). The molecule has 0 radical (unpaired) electrons. The second kappa shape index (κ2) is 9.15. The quantitative estimate of drug-likeness (QED) is 0.621. The lowest BCUT2D eigenvalue weighted by molar-refractivity contribution is 0.160. The monoisotopic (exact) mass is 271 g/mol. The molecule has 0 saturated carbocycles. The summed E-state index contributed by atoms with van der Waals surface area (Å²) < 4.78 is 0. The zero-order valence-electron chi connectivity index (χ0n) is 12.3. The number of hydrogen-bond donors (Lipinski definition) is 3. The number of amides is 2. The molecule has 2 atom stereocenters. The molecule has 5 heteroatoms. The van der Waals surface area contributed by atoms with Crippen molar-refractivity contribution in [2.45, 2.75) is 45.6 Å². The molecule has 1 heterocycles. The third-order valence-corrected chi connectivity index (χ3v) is 3.58. The smallest absolute Gasteiger partial charge is 0.314 e. The number of rotatable bonds is 8. The van der Waals surface area contributed by atoms with Gasteiger partial charge in [-0.3, -0.25) is 0 Å². The summed E-state index contributed by atoms with van der Waals surface area (Å²) in [5.74, 6) is 0.567. The number of nitrogens with one attached hydrogen (secondary N) is 2. The number of carbonyl (C=O) groups is 1. The largest absolute Gasteiger partial charge is 0.391 e. The number of carbonyl (C=O) groups excluding carboxylic acids is 1. The Kier molecular flexibility index (Phi) is 7.82. The highest BCUT2D eigenvalue weighted by Crippen LogP contribution is 2.15. The van der Waals surface area contributed by atoms with E-state index in [0.717, 1.165) is 39.0 Å². The number of aliphatic hydroxyl groups excluding tert-OH is 1. The van der Waals surface area contributed by atoms with E-state index in [4.69, 9.17) is 0 Å². The highest BCUT2D eigenvalue weighted by Gasteiger charge is 2.21. The Bertz CT molecular complexity index is 261. The summed E-state index contributed by atoms with van der Waals surface area (Å²) in [7, 11) is 0. The summed E-state index contributed by atoms with van der Waals surface area (Å²) in [6.45, 7) is 8.68. The van der Waals surface area contributed by atoms with Gasteiger partial charge in [0.25, 0.3) is 0 Å². The van der Waals surface area contributed by atoms with Gasteiger partial charge in [-0.25, -0.2) is 4.79 Å². The lowest BCUT2D eigenvalue weighted by Gasteiger charge is -2.16. The van der Waals surface area contributed by atoms with Crippen molar-refractivity contribution in [1.82, 2.24) is 15.5 Å². The molecule has 0 aromatic heterocycles. The average Bonchev–Trinajstić information content (AvgIpc) is 2.82. The summed E-state index contributed by atoms with van der Waals surface area (Å²) in [5, 5.41) is 15.1. The first-order valence-electron chi connectivity index (χ1n) is 7.57. The van der Waals surface area contributed by atoms with Crippen LogP contribution in [0.4, 0.5) is 4.79 Å². The van der Waals surface area contributed by atoms with Crippen molar-refractivity contribution in [2.24, 2.45) is 5.92 Å². The first-order valence-corrected chi connectivity index (χ1v) is 7.57. The second-order valence-corrected chi connectivity index (χ2v) is 5.49. The van der Waals surface area contributed by atoms with Crippen molar-refractivity contribution in [3.8, 4) is 0 Å². The summed E-state index contributed by atoms with van der Waals surface area (Å²) >= 11 is 0. The van der Waals surface area contributed by atoms with Gasteiger partial charge in [0.15, 0.2) is 0 Å². The van der Waals surface area contributed by atoms with Gasteiger partial charge in [-0.2, -0.15) is 0 Å². The molecule has 0 aliphatic carbocycles. The van der Waals surface area contributed by atoms with E-state index in [1.165, 1.54) is 12.8 Å². The van der Waals surface area contributed by atoms with Crippen LogP contribution < -0.4 is 10.6 Å². The number of urea groups is 1. The van der Waals surface area contributed by atoms with Crippen LogP contribution in [0.3, 0.4) is 0 Å². The van der Waals surface area contributed by atoms with Crippen molar-refractivity contribution in [1.29, 1.82) is 0 Å². The minimum Gasteiger partial charge on any atom is -0.391 e. The van der Waals surface area contributed by atoms with Gasteiger partial charge < -0.3 is 20.6 Å². The highest BCUT2D eigenvalue weighted by molar-refractivity contribution is 5.73. The van der Waals surface area contributed by atoms with Gasteiger partial charge in [0.1, 0.15) is 0 Å². The molecule has 19 heavy (non-hydrogen) atoms. The number of hydrogen-bond acceptors (Lipinski definition) is 3. The van der Waals surface area contributed by atoms with Crippen LogP contribution in [0.1, 0.15) is 39.5 Å². The molecule has 0 spiro atoms. The van der Waals surface area contributed by atoms with E-state index >= 15 is 0 Å². The van der Waals surface area contributed by atoms with Crippen LogP contribution >= 0.6 is 0 Å². The maximum atomic E-state index is 11.6. The van der Waals surface area contributed by atoms with E-state index in [2.05, 4.69) is 22.5 Å². The SMILES string of the molecule is CCCC(O)CNC(=O)NCC1CCN(CCC)C1. The second-order valence-electron chi connectivity index (χ2n) is 5.49. The van der Waals surface area contributed by atoms with E-state index < -0.39 is 6.10 Å². The fourth-order valence-corrected chi connectivity index (χ4v) is 2.54. The van der Waals surface area contributed by atoms with E-state index in [9.17, 15) is 9.90 Å². The Hall–Kier alpha value is -0.810. The van der Waals surface area contributed by atoms with Crippen LogP contribution in [0, 0.1) is 5.92 Å². The molecule has 5 nitrogen and oxygen atoms in total. The Morgan fingerprint density at radius 3 is 2.84 bits per heavy atom.